The minimum atomic E-state index is -1.20. The van der Waals surface area contributed by atoms with Crippen molar-refractivity contribution in [2.75, 3.05) is 13.2 Å². The van der Waals surface area contributed by atoms with E-state index in [0.717, 1.165) is 0 Å². The molecule has 2 saturated heterocycles. The van der Waals surface area contributed by atoms with Crippen molar-refractivity contribution in [1.82, 2.24) is 10.2 Å². The molecule has 0 bridgehead atoms. The molecular weight excluding hydrogens is 236 g/mol. The van der Waals surface area contributed by atoms with Crippen LogP contribution in [0.4, 0.5) is 4.79 Å². The predicted molar refractivity (Wildman–Crippen MR) is 62.6 cm³/mol. The number of hydrogen-bond donors (Lipinski definition) is 1. The van der Waals surface area contributed by atoms with Gasteiger partial charge in [0.25, 0.3) is 0 Å². The van der Waals surface area contributed by atoms with Gasteiger partial charge in [0, 0.05) is 13.2 Å². The molecule has 2 rings (SSSR count). The number of carbonyl (C=O) groups excluding carboxylic acids is 3. The maximum Gasteiger partial charge on any atom is 0.331 e. The van der Waals surface area contributed by atoms with E-state index in [4.69, 9.17) is 4.74 Å². The zero-order valence-electron chi connectivity index (χ0n) is 10.9. The Bertz CT molecular complexity index is 410. The van der Waals surface area contributed by atoms with Crippen LogP contribution in [0.15, 0.2) is 0 Å². The zero-order chi connectivity index (χ0) is 13.6. The minimum Gasteiger partial charge on any atom is -0.381 e. The average Bonchev–Trinajstić information content (AvgIpc) is 2.27. The lowest BCUT2D eigenvalue weighted by Crippen LogP contribution is -2.68. The van der Waals surface area contributed by atoms with Crippen LogP contribution in [0.1, 0.15) is 33.6 Å². The van der Waals surface area contributed by atoms with Crippen molar-refractivity contribution in [3.63, 3.8) is 0 Å². The van der Waals surface area contributed by atoms with Gasteiger partial charge in [0.2, 0.25) is 11.8 Å². The second kappa shape index (κ2) is 4.05. The Labute approximate surface area is 106 Å². The van der Waals surface area contributed by atoms with E-state index in [2.05, 4.69) is 5.32 Å². The molecule has 4 amide bonds. The van der Waals surface area contributed by atoms with E-state index in [1.165, 1.54) is 18.7 Å². The summed E-state index contributed by atoms with van der Waals surface area (Å²) in [5, 5.41) is 2.26. The third-order valence-electron chi connectivity index (χ3n) is 3.84. The van der Waals surface area contributed by atoms with Gasteiger partial charge >= 0.3 is 6.03 Å². The summed E-state index contributed by atoms with van der Waals surface area (Å²) in [6.45, 7) is 5.96. The largest absolute Gasteiger partial charge is 0.381 e. The summed E-state index contributed by atoms with van der Waals surface area (Å²) in [5.74, 6) is -0.968. The Morgan fingerprint density at radius 1 is 1.11 bits per heavy atom. The zero-order valence-corrected chi connectivity index (χ0v) is 10.9. The smallest absolute Gasteiger partial charge is 0.331 e. The van der Waals surface area contributed by atoms with Gasteiger partial charge in [-0.25, -0.2) is 4.79 Å². The highest BCUT2D eigenvalue weighted by molar-refractivity contribution is 6.19. The van der Waals surface area contributed by atoms with Crippen molar-refractivity contribution in [2.24, 2.45) is 5.41 Å². The summed E-state index contributed by atoms with van der Waals surface area (Å²) in [5.41, 5.74) is -1.77. The first-order valence-corrected chi connectivity index (χ1v) is 6.07. The molecule has 100 valence electrons. The fraction of sp³-hybridized carbons (Fsp3) is 0.750. The maximum absolute atomic E-state index is 12.4. The fourth-order valence-electron chi connectivity index (χ4n) is 2.30. The third kappa shape index (κ3) is 1.80. The van der Waals surface area contributed by atoms with Crippen LogP contribution in [0.25, 0.3) is 0 Å². The van der Waals surface area contributed by atoms with Crippen LogP contribution in [0.5, 0.6) is 0 Å². The first-order chi connectivity index (χ1) is 8.29. The van der Waals surface area contributed by atoms with Crippen molar-refractivity contribution < 1.29 is 19.1 Å². The molecule has 1 N–H and O–H groups in total. The Hall–Kier alpha value is -1.43. The summed E-state index contributed by atoms with van der Waals surface area (Å²) >= 11 is 0. The van der Waals surface area contributed by atoms with Crippen LogP contribution >= 0.6 is 0 Å². The second-order valence-electron chi connectivity index (χ2n) is 5.63. The number of ether oxygens (including phenoxy) is 1. The van der Waals surface area contributed by atoms with Gasteiger partial charge < -0.3 is 4.74 Å². The molecule has 0 aliphatic carbocycles. The van der Waals surface area contributed by atoms with Crippen LogP contribution in [0, 0.1) is 5.41 Å². The molecule has 0 spiro atoms. The second-order valence-corrected chi connectivity index (χ2v) is 5.63. The lowest BCUT2D eigenvalue weighted by Gasteiger charge is -2.46. The molecule has 0 aromatic rings. The molecule has 0 aromatic heterocycles. The van der Waals surface area contributed by atoms with Gasteiger partial charge in [-0.1, -0.05) is 0 Å². The summed E-state index contributed by atoms with van der Waals surface area (Å²) in [7, 11) is 0. The minimum absolute atomic E-state index is 0.430. The van der Waals surface area contributed by atoms with E-state index < -0.39 is 28.8 Å². The molecule has 0 saturated carbocycles. The van der Waals surface area contributed by atoms with Crippen molar-refractivity contribution in [2.45, 2.75) is 39.2 Å². The van der Waals surface area contributed by atoms with E-state index in [0.29, 0.717) is 26.1 Å². The standard InChI is InChI=1S/C12H18N2O4/c1-11(2)8(15)13-10(17)14(9(11)16)12(3)4-6-18-7-5-12/h4-7H2,1-3H3,(H,13,15,17). The first kappa shape index (κ1) is 13.0. The van der Waals surface area contributed by atoms with Crippen molar-refractivity contribution in [3.05, 3.63) is 0 Å². The fourth-order valence-corrected chi connectivity index (χ4v) is 2.30. The lowest BCUT2D eigenvalue weighted by atomic mass is 9.83. The lowest BCUT2D eigenvalue weighted by molar-refractivity contribution is -0.155. The number of urea groups is 1. The Balaban J connectivity index is 2.34. The maximum atomic E-state index is 12.4. The Morgan fingerprint density at radius 2 is 1.67 bits per heavy atom. The SMILES string of the molecule is CC1(C)C(=O)NC(=O)N(C2(C)CCOCC2)C1=O. The molecule has 2 heterocycles. The Morgan fingerprint density at radius 3 is 2.22 bits per heavy atom. The van der Waals surface area contributed by atoms with Crippen molar-refractivity contribution >= 4 is 17.8 Å². The van der Waals surface area contributed by atoms with Crippen LogP contribution < -0.4 is 5.32 Å². The van der Waals surface area contributed by atoms with Gasteiger partial charge in [-0.05, 0) is 33.6 Å². The first-order valence-electron chi connectivity index (χ1n) is 6.07. The summed E-state index contributed by atoms with van der Waals surface area (Å²) < 4.78 is 5.26. The topological polar surface area (TPSA) is 75.7 Å². The summed E-state index contributed by atoms with van der Waals surface area (Å²) in [6, 6.07) is -0.617. The number of carbonyl (C=O) groups is 3. The highest BCUT2D eigenvalue weighted by Crippen LogP contribution is 2.34. The highest BCUT2D eigenvalue weighted by atomic mass is 16.5. The van der Waals surface area contributed by atoms with Crippen LogP contribution in [0.2, 0.25) is 0 Å². The van der Waals surface area contributed by atoms with Gasteiger partial charge in [0.05, 0.1) is 5.54 Å². The number of nitrogens with one attached hydrogen (secondary N) is 1. The van der Waals surface area contributed by atoms with Crippen molar-refractivity contribution in [1.29, 1.82) is 0 Å². The Kier molecular flexibility index (Phi) is 2.93. The predicted octanol–water partition coefficient (Wildman–Crippen LogP) is 0.660. The molecule has 0 aromatic carbocycles. The molecule has 0 atom stereocenters. The molecule has 0 unspecified atom stereocenters. The highest BCUT2D eigenvalue weighted by Gasteiger charge is 2.53. The van der Waals surface area contributed by atoms with Crippen LogP contribution in [0.3, 0.4) is 0 Å². The molecule has 2 aliphatic rings. The molecule has 2 aliphatic heterocycles. The number of hydrogen-bond acceptors (Lipinski definition) is 4. The number of rotatable bonds is 1. The van der Waals surface area contributed by atoms with Crippen molar-refractivity contribution in [3.8, 4) is 0 Å². The molecule has 18 heavy (non-hydrogen) atoms. The van der Waals surface area contributed by atoms with E-state index in [-0.39, 0.29) is 0 Å². The number of imide groups is 2. The normalized spacial score (nSPS) is 27.1. The molecule has 0 radical (unpaired) electrons. The van der Waals surface area contributed by atoms with E-state index in [1.807, 2.05) is 6.92 Å². The number of barbiturate groups is 1. The molecule has 6 heteroatoms. The average molecular weight is 254 g/mol. The molecule has 6 nitrogen and oxygen atoms in total. The van der Waals surface area contributed by atoms with Gasteiger partial charge in [0.15, 0.2) is 0 Å². The molecular formula is C12H18N2O4. The number of amides is 4. The van der Waals surface area contributed by atoms with E-state index >= 15 is 0 Å². The van der Waals surface area contributed by atoms with Gasteiger partial charge in [-0.2, -0.15) is 0 Å². The molecule has 2 fully saturated rings. The monoisotopic (exact) mass is 254 g/mol. The van der Waals surface area contributed by atoms with Crippen LogP contribution in [-0.4, -0.2) is 41.5 Å². The van der Waals surface area contributed by atoms with Gasteiger partial charge in [-0.15, -0.1) is 0 Å². The summed E-state index contributed by atoms with van der Waals surface area (Å²) in [6.07, 6.45) is 1.19. The quantitative estimate of drug-likeness (QED) is 0.697. The van der Waals surface area contributed by atoms with Gasteiger partial charge in [-0.3, -0.25) is 19.8 Å². The van der Waals surface area contributed by atoms with E-state index in [1.54, 1.807) is 0 Å². The van der Waals surface area contributed by atoms with Crippen LogP contribution in [-0.2, 0) is 14.3 Å². The van der Waals surface area contributed by atoms with Gasteiger partial charge in [0.1, 0.15) is 5.41 Å². The summed E-state index contributed by atoms with van der Waals surface area (Å²) in [4.78, 5) is 37.2. The van der Waals surface area contributed by atoms with E-state index in [9.17, 15) is 14.4 Å². The third-order valence-corrected chi connectivity index (χ3v) is 3.84. The number of nitrogens with zero attached hydrogens (tertiary/aromatic N) is 1.